The molecule has 22 heavy (non-hydrogen) atoms. The second kappa shape index (κ2) is 4.96. The lowest BCUT2D eigenvalue weighted by atomic mass is 10.2. The molecule has 2 aromatic carbocycles. The Kier molecular flexibility index (Phi) is 2.94. The minimum absolute atomic E-state index is 0.579. The number of nitrogens with zero attached hydrogens (tertiary/aromatic N) is 4. The fourth-order valence-corrected chi connectivity index (χ4v) is 2.51. The smallest absolute Gasteiger partial charge is 0.227 e. The van der Waals surface area contributed by atoms with Crippen molar-refractivity contribution in [3.8, 4) is 17.1 Å². The van der Waals surface area contributed by atoms with Crippen molar-refractivity contribution in [1.82, 2.24) is 19.7 Å². The van der Waals surface area contributed by atoms with E-state index in [1.54, 1.807) is 12.7 Å². The van der Waals surface area contributed by atoms with E-state index in [1.165, 1.54) is 0 Å². The first-order chi connectivity index (χ1) is 10.7. The number of oxazole rings is 1. The molecule has 2 aromatic heterocycles. The van der Waals surface area contributed by atoms with E-state index in [9.17, 15) is 0 Å². The zero-order valence-corrected chi connectivity index (χ0v) is 12.4. The number of fused-ring (bicyclic) bond motifs is 1. The molecule has 0 N–H and O–H groups in total. The fourth-order valence-electron chi connectivity index (χ4n) is 2.38. The Balaban J connectivity index is 1.87. The number of aryl methyl sites for hydroxylation is 1. The molecule has 0 bridgehead atoms. The topological polar surface area (TPSA) is 56.7 Å². The van der Waals surface area contributed by atoms with Crippen LogP contribution >= 0.6 is 11.6 Å². The molecular formula is C16H11ClN4O. The molecule has 5 nitrogen and oxygen atoms in total. The molecule has 0 saturated heterocycles. The molecule has 0 aliphatic rings. The third kappa shape index (κ3) is 2.16. The van der Waals surface area contributed by atoms with Crippen LogP contribution in [-0.4, -0.2) is 19.7 Å². The van der Waals surface area contributed by atoms with Crippen molar-refractivity contribution in [2.45, 2.75) is 6.92 Å². The van der Waals surface area contributed by atoms with Crippen LogP contribution in [0.15, 0.2) is 53.5 Å². The Morgan fingerprint density at radius 3 is 2.50 bits per heavy atom. The third-order valence-electron chi connectivity index (χ3n) is 3.47. The van der Waals surface area contributed by atoms with Gasteiger partial charge in [-0.25, -0.2) is 4.98 Å². The zero-order valence-electron chi connectivity index (χ0n) is 11.7. The normalized spacial score (nSPS) is 11.2. The van der Waals surface area contributed by atoms with Crippen molar-refractivity contribution in [2.24, 2.45) is 0 Å². The summed E-state index contributed by atoms with van der Waals surface area (Å²) in [6.07, 6.45) is 3.31. The van der Waals surface area contributed by atoms with E-state index in [1.807, 2.05) is 47.9 Å². The summed E-state index contributed by atoms with van der Waals surface area (Å²) in [6, 6.07) is 11.4. The molecular weight excluding hydrogens is 300 g/mol. The number of hydrogen-bond donors (Lipinski definition) is 0. The zero-order chi connectivity index (χ0) is 15.1. The fraction of sp³-hybridized carbons (Fsp3) is 0.0625. The van der Waals surface area contributed by atoms with Gasteiger partial charge in [0, 0.05) is 10.6 Å². The first kappa shape index (κ1) is 13.0. The van der Waals surface area contributed by atoms with E-state index in [-0.39, 0.29) is 0 Å². The molecule has 0 saturated carbocycles. The lowest BCUT2D eigenvalue weighted by Gasteiger charge is -2.02. The molecule has 0 aliphatic carbocycles. The van der Waals surface area contributed by atoms with Gasteiger partial charge in [-0.1, -0.05) is 11.6 Å². The standard InChI is InChI=1S/C16H11ClN4O/c1-10-6-13(21-8-18-19-9-21)7-14-15(10)22-16(20-14)11-2-4-12(17)5-3-11/h2-9H,1H3. The Morgan fingerprint density at radius 1 is 1.05 bits per heavy atom. The molecule has 108 valence electrons. The predicted octanol–water partition coefficient (Wildman–Crippen LogP) is 4.04. The maximum Gasteiger partial charge on any atom is 0.227 e. The summed E-state index contributed by atoms with van der Waals surface area (Å²) >= 11 is 5.92. The highest BCUT2D eigenvalue weighted by molar-refractivity contribution is 6.30. The number of benzene rings is 2. The van der Waals surface area contributed by atoms with Gasteiger partial charge in [0.05, 0.1) is 5.69 Å². The average molecular weight is 311 g/mol. The van der Waals surface area contributed by atoms with Gasteiger partial charge < -0.3 is 4.42 Å². The van der Waals surface area contributed by atoms with Crippen LogP contribution in [0.4, 0.5) is 0 Å². The molecule has 0 atom stereocenters. The molecule has 0 unspecified atom stereocenters. The minimum atomic E-state index is 0.579. The van der Waals surface area contributed by atoms with Crippen LogP contribution in [0.25, 0.3) is 28.2 Å². The Labute approximate surface area is 131 Å². The molecule has 0 spiro atoms. The Morgan fingerprint density at radius 2 is 1.77 bits per heavy atom. The summed E-state index contributed by atoms with van der Waals surface area (Å²) in [5.74, 6) is 0.579. The lowest BCUT2D eigenvalue weighted by Crippen LogP contribution is -1.91. The largest absolute Gasteiger partial charge is 0.436 e. The van der Waals surface area contributed by atoms with Crippen LogP contribution in [0.5, 0.6) is 0 Å². The van der Waals surface area contributed by atoms with E-state index < -0.39 is 0 Å². The molecule has 0 radical (unpaired) electrons. The highest BCUT2D eigenvalue weighted by Gasteiger charge is 2.12. The average Bonchev–Trinajstić information content (AvgIpc) is 3.17. The van der Waals surface area contributed by atoms with Crippen molar-refractivity contribution < 1.29 is 4.42 Å². The Bertz CT molecular complexity index is 942. The summed E-state index contributed by atoms with van der Waals surface area (Å²) in [5, 5.41) is 8.34. The molecule has 0 amide bonds. The summed E-state index contributed by atoms with van der Waals surface area (Å²) in [6.45, 7) is 1.99. The van der Waals surface area contributed by atoms with Crippen LogP contribution in [-0.2, 0) is 0 Å². The van der Waals surface area contributed by atoms with Gasteiger partial charge >= 0.3 is 0 Å². The Hall–Kier alpha value is -2.66. The van der Waals surface area contributed by atoms with Gasteiger partial charge in [-0.3, -0.25) is 4.57 Å². The number of hydrogen-bond acceptors (Lipinski definition) is 4. The predicted molar refractivity (Wildman–Crippen MR) is 84.1 cm³/mol. The summed E-state index contributed by atoms with van der Waals surface area (Å²) in [7, 11) is 0. The summed E-state index contributed by atoms with van der Waals surface area (Å²) < 4.78 is 7.74. The van der Waals surface area contributed by atoms with Crippen molar-refractivity contribution >= 4 is 22.7 Å². The van der Waals surface area contributed by atoms with Gasteiger partial charge in [0.2, 0.25) is 5.89 Å². The van der Waals surface area contributed by atoms with Crippen molar-refractivity contribution in [3.63, 3.8) is 0 Å². The number of halogens is 1. The first-order valence-electron chi connectivity index (χ1n) is 6.73. The second-order valence-corrected chi connectivity index (χ2v) is 5.44. The first-order valence-corrected chi connectivity index (χ1v) is 7.10. The van der Waals surface area contributed by atoms with Crippen LogP contribution < -0.4 is 0 Å². The number of rotatable bonds is 2. The van der Waals surface area contributed by atoms with Crippen LogP contribution in [0.3, 0.4) is 0 Å². The van der Waals surface area contributed by atoms with Crippen LogP contribution in [0, 0.1) is 6.92 Å². The van der Waals surface area contributed by atoms with Crippen LogP contribution in [0.2, 0.25) is 5.02 Å². The summed E-state index contributed by atoms with van der Waals surface area (Å²) in [5.41, 5.74) is 4.43. The van der Waals surface area contributed by atoms with E-state index >= 15 is 0 Å². The molecule has 2 heterocycles. The maximum absolute atomic E-state index is 5.92. The molecule has 6 heteroatoms. The van der Waals surface area contributed by atoms with Gasteiger partial charge in [-0.2, -0.15) is 0 Å². The van der Waals surface area contributed by atoms with E-state index in [4.69, 9.17) is 16.0 Å². The minimum Gasteiger partial charge on any atom is -0.436 e. The van der Waals surface area contributed by atoms with E-state index in [0.717, 1.165) is 27.9 Å². The van der Waals surface area contributed by atoms with Crippen molar-refractivity contribution in [3.05, 3.63) is 59.6 Å². The molecule has 4 rings (SSSR count). The van der Waals surface area contributed by atoms with Crippen molar-refractivity contribution in [1.29, 1.82) is 0 Å². The maximum atomic E-state index is 5.92. The van der Waals surface area contributed by atoms with Gasteiger partial charge in [0.1, 0.15) is 18.2 Å². The SMILES string of the molecule is Cc1cc(-n2cnnc2)cc2nc(-c3ccc(Cl)cc3)oc12. The van der Waals surface area contributed by atoms with Gasteiger partial charge in [0.25, 0.3) is 0 Å². The van der Waals surface area contributed by atoms with E-state index in [2.05, 4.69) is 15.2 Å². The highest BCUT2D eigenvalue weighted by atomic mass is 35.5. The van der Waals surface area contributed by atoms with Gasteiger partial charge in [0.15, 0.2) is 5.58 Å². The second-order valence-electron chi connectivity index (χ2n) is 5.01. The quantitative estimate of drug-likeness (QED) is 0.561. The number of aromatic nitrogens is 4. The van der Waals surface area contributed by atoms with Crippen molar-refractivity contribution in [2.75, 3.05) is 0 Å². The monoisotopic (exact) mass is 310 g/mol. The van der Waals surface area contributed by atoms with Crippen LogP contribution in [0.1, 0.15) is 5.56 Å². The van der Waals surface area contributed by atoms with E-state index in [0.29, 0.717) is 10.9 Å². The summed E-state index contributed by atoms with van der Waals surface area (Å²) in [4.78, 5) is 4.58. The lowest BCUT2D eigenvalue weighted by molar-refractivity contribution is 0.617. The van der Waals surface area contributed by atoms with Gasteiger partial charge in [-0.05, 0) is 48.9 Å². The highest BCUT2D eigenvalue weighted by Crippen LogP contribution is 2.29. The van der Waals surface area contributed by atoms with Gasteiger partial charge in [-0.15, -0.1) is 10.2 Å². The molecule has 4 aromatic rings. The third-order valence-corrected chi connectivity index (χ3v) is 3.72. The molecule has 0 aliphatic heterocycles. The molecule has 0 fully saturated rings.